The number of hydroxylamine groups is 1. The van der Waals surface area contributed by atoms with Crippen molar-refractivity contribution in [2.24, 2.45) is 5.73 Å². The molecule has 0 radical (unpaired) electrons. The molecule has 0 heterocycles. The average Bonchev–Trinajstić information content (AvgIpc) is 1.36. The Bertz CT molecular complexity index is 62.6. The molecule has 0 fully saturated rings. The second kappa shape index (κ2) is 1.89. The van der Waals surface area contributed by atoms with Gasteiger partial charge in [0, 0.05) is 0 Å². The molecule has 0 aliphatic carbocycles. The molecule has 4 nitrogen and oxygen atoms in total. The maximum atomic E-state index is 9.52. The molecular weight excluding hydrogens is 104 g/mol. The molecule has 3 N–H and O–H groups in total. The van der Waals surface area contributed by atoms with Crippen molar-refractivity contribution in [3.63, 3.8) is 0 Å². The van der Waals surface area contributed by atoms with E-state index in [-0.39, 0.29) is 4.47 Å². The summed E-state index contributed by atoms with van der Waals surface area (Å²) in [7, 11) is 0. The predicted octanol–water partition coefficient (Wildman–Crippen LogP) is -0.399. The number of nitrogens with two attached hydrogens (primary N) is 1. The molecule has 2 amide bonds. The standard InChI is InChI=1S/CH4N2O2S/c2-1(4)3(5)6/h5-6H,(H2,2,4). The predicted molar refractivity (Wildman–Crippen MR) is 22.2 cm³/mol. The number of carbonyl (C=O) groups is 1. The van der Waals surface area contributed by atoms with E-state index in [0.717, 1.165) is 0 Å². The monoisotopic (exact) mass is 108 g/mol. The number of hydrogen-bond acceptors (Lipinski definition) is 3. The summed E-state index contributed by atoms with van der Waals surface area (Å²) < 4.78 is 0. The largest absolute Gasteiger partial charge is 0.349 e. The van der Waals surface area contributed by atoms with E-state index in [9.17, 15) is 4.79 Å². The molecule has 0 saturated heterocycles. The molecule has 5 heteroatoms. The first-order valence-corrected chi connectivity index (χ1v) is 1.52. The Labute approximate surface area is 40.0 Å². The first kappa shape index (κ1) is 5.58. The van der Waals surface area contributed by atoms with Crippen molar-refractivity contribution in [1.82, 2.24) is 4.47 Å². The van der Waals surface area contributed by atoms with Crippen molar-refractivity contribution in [3.05, 3.63) is 0 Å². The maximum Gasteiger partial charge on any atom is 0.348 e. The smallest absolute Gasteiger partial charge is 0.348 e. The molecule has 0 aromatic carbocycles. The highest BCUT2D eigenvalue weighted by atomic mass is 32.1. The Morgan fingerprint density at radius 3 is 2.17 bits per heavy atom. The second-order valence-electron chi connectivity index (χ2n) is 0.628. The molecule has 0 atom stereocenters. The highest BCUT2D eigenvalue weighted by molar-refractivity contribution is 7.78. The van der Waals surface area contributed by atoms with Gasteiger partial charge in [-0.1, -0.05) is 0 Å². The van der Waals surface area contributed by atoms with Crippen LogP contribution in [0.15, 0.2) is 0 Å². The van der Waals surface area contributed by atoms with Crippen LogP contribution in [0.5, 0.6) is 0 Å². The zero-order valence-electron chi connectivity index (χ0n) is 2.83. The van der Waals surface area contributed by atoms with Crippen molar-refractivity contribution in [1.29, 1.82) is 0 Å². The van der Waals surface area contributed by atoms with Crippen LogP contribution in [0.3, 0.4) is 0 Å². The van der Waals surface area contributed by atoms with Gasteiger partial charge in [-0.05, 0) is 12.8 Å². The average molecular weight is 108 g/mol. The SMILES string of the molecule is NC(=O)N(O)S. The van der Waals surface area contributed by atoms with Crippen molar-refractivity contribution in [2.45, 2.75) is 0 Å². The van der Waals surface area contributed by atoms with E-state index in [0.29, 0.717) is 0 Å². The quantitative estimate of drug-likeness (QED) is 0.224. The van der Waals surface area contributed by atoms with E-state index >= 15 is 0 Å². The lowest BCUT2D eigenvalue weighted by atomic mass is 11.2. The molecule has 6 heavy (non-hydrogen) atoms. The minimum atomic E-state index is -0.988. The number of amides is 2. The van der Waals surface area contributed by atoms with E-state index < -0.39 is 6.03 Å². The van der Waals surface area contributed by atoms with Gasteiger partial charge in [-0.25, -0.2) is 4.79 Å². The van der Waals surface area contributed by atoms with Crippen molar-refractivity contribution < 1.29 is 10.0 Å². The Balaban J connectivity index is 3.26. The zero-order chi connectivity index (χ0) is 5.15. The van der Waals surface area contributed by atoms with E-state index in [1.807, 2.05) is 0 Å². The molecule has 0 saturated carbocycles. The Hall–Kier alpha value is -0.420. The number of carbonyl (C=O) groups excluding carboxylic acids is 1. The number of urea groups is 1. The summed E-state index contributed by atoms with van der Waals surface area (Å²) >= 11 is 3.11. The fourth-order valence-electron chi connectivity index (χ4n) is 0. The lowest BCUT2D eigenvalue weighted by Gasteiger charge is -1.97. The van der Waals surface area contributed by atoms with Crippen molar-refractivity contribution in [3.8, 4) is 0 Å². The summed E-state index contributed by atoms with van der Waals surface area (Å²) in [6, 6.07) is -0.988. The van der Waals surface area contributed by atoms with Crippen molar-refractivity contribution >= 4 is 18.8 Å². The summed E-state index contributed by atoms with van der Waals surface area (Å²) in [5, 5.41) is 7.85. The van der Waals surface area contributed by atoms with E-state index in [1.54, 1.807) is 0 Å². The number of primary amides is 1. The number of rotatable bonds is 0. The normalized spacial score (nSPS) is 7.67. The molecule has 0 aromatic rings. The van der Waals surface area contributed by atoms with Gasteiger partial charge < -0.3 is 5.73 Å². The number of thiol groups is 1. The van der Waals surface area contributed by atoms with Gasteiger partial charge in [0.1, 0.15) is 0 Å². The van der Waals surface area contributed by atoms with Crippen LogP contribution in [0.4, 0.5) is 4.79 Å². The van der Waals surface area contributed by atoms with Crippen LogP contribution in [-0.4, -0.2) is 15.7 Å². The summed E-state index contributed by atoms with van der Waals surface area (Å²) in [6.45, 7) is 0. The van der Waals surface area contributed by atoms with Crippen LogP contribution in [0.2, 0.25) is 0 Å². The van der Waals surface area contributed by atoms with Crippen LogP contribution in [-0.2, 0) is 0 Å². The van der Waals surface area contributed by atoms with Gasteiger partial charge >= 0.3 is 6.03 Å². The number of hydrogen-bond donors (Lipinski definition) is 3. The third-order valence-corrected chi connectivity index (χ3v) is 0.394. The van der Waals surface area contributed by atoms with Gasteiger partial charge in [-0.15, -0.1) is 4.47 Å². The van der Waals surface area contributed by atoms with Crippen LogP contribution < -0.4 is 5.73 Å². The third-order valence-electron chi connectivity index (χ3n) is 0.197. The first-order chi connectivity index (χ1) is 2.64. The Kier molecular flexibility index (Phi) is 1.75. The summed E-state index contributed by atoms with van der Waals surface area (Å²) in [6.07, 6.45) is 0. The van der Waals surface area contributed by atoms with Gasteiger partial charge in [0.15, 0.2) is 0 Å². The fourth-order valence-corrected chi connectivity index (χ4v) is 0. The van der Waals surface area contributed by atoms with Gasteiger partial charge in [-0.3, -0.25) is 5.21 Å². The summed E-state index contributed by atoms with van der Waals surface area (Å²) in [5.74, 6) is 0. The van der Waals surface area contributed by atoms with Gasteiger partial charge in [0.2, 0.25) is 0 Å². The highest BCUT2D eigenvalue weighted by Gasteiger charge is 1.93. The molecule has 0 rings (SSSR count). The molecule has 36 valence electrons. The third kappa shape index (κ3) is 1.86. The van der Waals surface area contributed by atoms with Crippen molar-refractivity contribution in [2.75, 3.05) is 0 Å². The number of nitrogens with zero attached hydrogens (tertiary/aromatic N) is 1. The van der Waals surface area contributed by atoms with Crippen LogP contribution in [0, 0.1) is 0 Å². The topological polar surface area (TPSA) is 66.6 Å². The van der Waals surface area contributed by atoms with Crippen LogP contribution in [0.1, 0.15) is 0 Å². The minimum absolute atomic E-state index is 0. The minimum Gasteiger partial charge on any atom is -0.349 e. The molecule has 0 spiro atoms. The molecule has 0 unspecified atom stereocenters. The lowest BCUT2D eigenvalue weighted by Crippen LogP contribution is -2.23. The molecule has 0 aliphatic rings. The van der Waals surface area contributed by atoms with E-state index in [4.69, 9.17) is 5.21 Å². The van der Waals surface area contributed by atoms with E-state index in [1.165, 1.54) is 0 Å². The summed E-state index contributed by atoms with van der Waals surface area (Å²) in [5.41, 5.74) is 4.40. The van der Waals surface area contributed by atoms with E-state index in [2.05, 4.69) is 18.5 Å². The Morgan fingerprint density at radius 1 is 2.00 bits per heavy atom. The summed E-state index contributed by atoms with van der Waals surface area (Å²) in [4.78, 5) is 9.52. The molecule has 0 aliphatic heterocycles. The highest BCUT2D eigenvalue weighted by Crippen LogP contribution is 1.79. The lowest BCUT2D eigenvalue weighted by molar-refractivity contribution is 0.0604. The molecular formula is CH4N2O2S. The van der Waals surface area contributed by atoms with Gasteiger partial charge in [-0.2, -0.15) is 0 Å². The zero-order valence-corrected chi connectivity index (χ0v) is 3.72. The fraction of sp³-hybridized carbons (Fsp3) is 0. The van der Waals surface area contributed by atoms with Crippen LogP contribution in [0.25, 0.3) is 0 Å². The second-order valence-corrected chi connectivity index (χ2v) is 1.01. The Morgan fingerprint density at radius 2 is 2.17 bits per heavy atom. The first-order valence-electron chi connectivity index (χ1n) is 1.12. The van der Waals surface area contributed by atoms with Crippen LogP contribution >= 0.6 is 12.8 Å². The van der Waals surface area contributed by atoms with Gasteiger partial charge in [0.05, 0.1) is 0 Å². The maximum absolute atomic E-state index is 9.52. The van der Waals surface area contributed by atoms with Gasteiger partial charge in [0.25, 0.3) is 0 Å². The molecule has 0 bridgehead atoms. The molecule has 0 aromatic heterocycles.